The molecular formula is C37H53NO3. The molecule has 0 aromatic heterocycles. The standard InChI is InChI=1S/C37H53NO3/c1-23-15-20-37(32(40)38-25-9-11-26(41-8)12-10-25)22-21-35(6)27(31(37)24(23)2)13-14-29-34(5)18-17-30(39)33(3,4)28(34)16-19-36(29,35)7/h9-13,23-24,28-29,31H,14-22H2,1-8H3,(H,38,40)/t23-,24+,28+,29-,31+,34+,35-,36-,37+/m1/s1. The van der Waals surface area contributed by atoms with E-state index >= 15 is 0 Å². The van der Waals surface area contributed by atoms with Gasteiger partial charge in [-0.3, -0.25) is 9.59 Å². The average Bonchev–Trinajstić information content (AvgIpc) is 2.93. The number of Topliss-reactive ketones (excluding diaryl/α,β-unsaturated/α-hetero) is 1. The number of ether oxygens (including phenoxy) is 1. The Morgan fingerprint density at radius 2 is 1.61 bits per heavy atom. The summed E-state index contributed by atoms with van der Waals surface area (Å²) in [5, 5.41) is 3.36. The fourth-order valence-electron chi connectivity index (χ4n) is 11.6. The molecule has 41 heavy (non-hydrogen) atoms. The molecule has 4 fully saturated rings. The number of methoxy groups -OCH3 is 1. The molecule has 0 heterocycles. The fourth-order valence-corrected chi connectivity index (χ4v) is 11.6. The Morgan fingerprint density at radius 1 is 0.902 bits per heavy atom. The maximum atomic E-state index is 14.4. The number of hydrogen-bond acceptors (Lipinski definition) is 3. The molecule has 1 amide bonds. The minimum atomic E-state index is -0.360. The van der Waals surface area contributed by atoms with Crippen molar-refractivity contribution in [3.8, 4) is 5.75 Å². The molecule has 9 atom stereocenters. The van der Waals surface area contributed by atoms with Crippen molar-refractivity contribution in [2.75, 3.05) is 12.4 Å². The molecule has 6 rings (SSSR count). The number of amides is 1. The van der Waals surface area contributed by atoms with Crippen LogP contribution in [0.4, 0.5) is 5.69 Å². The van der Waals surface area contributed by atoms with Gasteiger partial charge in [0.15, 0.2) is 0 Å². The van der Waals surface area contributed by atoms with Gasteiger partial charge in [0.2, 0.25) is 5.91 Å². The van der Waals surface area contributed by atoms with Crippen molar-refractivity contribution in [2.45, 2.75) is 106 Å². The summed E-state index contributed by atoms with van der Waals surface area (Å²) in [6.07, 6.45) is 11.9. The van der Waals surface area contributed by atoms with Gasteiger partial charge in [-0.25, -0.2) is 0 Å². The van der Waals surface area contributed by atoms with Gasteiger partial charge < -0.3 is 10.1 Å². The Labute approximate surface area is 248 Å². The van der Waals surface area contributed by atoms with Crippen LogP contribution < -0.4 is 10.1 Å². The molecule has 4 heteroatoms. The summed E-state index contributed by atoms with van der Waals surface area (Å²) < 4.78 is 5.34. The van der Waals surface area contributed by atoms with E-state index in [1.54, 1.807) is 12.7 Å². The second-order valence-corrected chi connectivity index (χ2v) is 16.1. The Hall–Kier alpha value is -2.10. The van der Waals surface area contributed by atoms with Crippen LogP contribution in [0.5, 0.6) is 5.75 Å². The summed E-state index contributed by atoms with van der Waals surface area (Å²) in [5.41, 5.74) is 2.30. The minimum Gasteiger partial charge on any atom is -0.497 e. The highest BCUT2D eigenvalue weighted by molar-refractivity contribution is 5.96. The zero-order valence-corrected chi connectivity index (χ0v) is 26.9. The van der Waals surface area contributed by atoms with E-state index in [1.165, 1.54) is 6.42 Å². The van der Waals surface area contributed by atoms with Crippen LogP contribution in [0, 0.1) is 56.7 Å². The summed E-state index contributed by atoms with van der Waals surface area (Å²) in [6, 6.07) is 7.78. The molecule has 0 spiro atoms. The molecular weight excluding hydrogens is 506 g/mol. The van der Waals surface area contributed by atoms with Gasteiger partial charge in [-0.1, -0.05) is 60.1 Å². The summed E-state index contributed by atoms with van der Waals surface area (Å²) in [7, 11) is 1.67. The first-order chi connectivity index (χ1) is 19.2. The first-order valence-electron chi connectivity index (χ1n) is 16.4. The number of nitrogens with one attached hydrogen (secondary N) is 1. The van der Waals surface area contributed by atoms with Crippen molar-refractivity contribution in [1.82, 2.24) is 0 Å². The van der Waals surface area contributed by atoms with E-state index in [0.29, 0.717) is 29.5 Å². The van der Waals surface area contributed by atoms with Gasteiger partial charge in [0.05, 0.1) is 12.5 Å². The van der Waals surface area contributed by atoms with Crippen LogP contribution in [0.1, 0.15) is 106 Å². The van der Waals surface area contributed by atoms with Crippen molar-refractivity contribution in [3.63, 3.8) is 0 Å². The zero-order chi connectivity index (χ0) is 29.6. The molecule has 4 saturated carbocycles. The molecule has 1 aromatic carbocycles. The van der Waals surface area contributed by atoms with Gasteiger partial charge in [-0.2, -0.15) is 0 Å². The van der Waals surface area contributed by atoms with Gasteiger partial charge in [-0.15, -0.1) is 0 Å². The van der Waals surface area contributed by atoms with Crippen molar-refractivity contribution in [2.24, 2.45) is 56.7 Å². The van der Waals surface area contributed by atoms with Crippen LogP contribution in [-0.2, 0) is 9.59 Å². The van der Waals surface area contributed by atoms with Crippen LogP contribution in [0.3, 0.4) is 0 Å². The van der Waals surface area contributed by atoms with Crippen LogP contribution in [0.2, 0.25) is 0 Å². The Bertz CT molecular complexity index is 1260. The number of fused-ring (bicyclic) bond motifs is 7. The molecule has 0 unspecified atom stereocenters. The van der Waals surface area contributed by atoms with E-state index in [0.717, 1.165) is 62.8 Å². The number of ketones is 1. The number of carbonyl (C=O) groups is 2. The van der Waals surface area contributed by atoms with Gasteiger partial charge in [-0.05, 0) is 121 Å². The van der Waals surface area contributed by atoms with Gasteiger partial charge in [0.1, 0.15) is 11.5 Å². The van der Waals surface area contributed by atoms with E-state index in [4.69, 9.17) is 4.74 Å². The number of rotatable bonds is 3. The Balaban J connectivity index is 1.39. The number of allylic oxidation sites excluding steroid dienone is 2. The maximum Gasteiger partial charge on any atom is 0.231 e. The van der Waals surface area contributed by atoms with E-state index in [1.807, 2.05) is 24.3 Å². The van der Waals surface area contributed by atoms with Crippen LogP contribution >= 0.6 is 0 Å². The summed E-state index contributed by atoms with van der Waals surface area (Å²) in [4.78, 5) is 27.5. The molecule has 5 aliphatic carbocycles. The Kier molecular flexibility index (Phi) is 6.68. The van der Waals surface area contributed by atoms with E-state index in [9.17, 15) is 9.59 Å². The lowest BCUT2D eigenvalue weighted by molar-refractivity contribution is -0.186. The lowest BCUT2D eigenvalue weighted by atomic mass is 9.33. The number of hydrogen-bond donors (Lipinski definition) is 1. The quantitative estimate of drug-likeness (QED) is 0.376. The highest BCUT2D eigenvalue weighted by Gasteiger charge is 2.69. The molecule has 224 valence electrons. The smallest absolute Gasteiger partial charge is 0.231 e. The summed E-state index contributed by atoms with van der Waals surface area (Å²) in [5.74, 6) is 3.87. The summed E-state index contributed by atoms with van der Waals surface area (Å²) in [6.45, 7) is 17.0. The number of benzene rings is 1. The predicted octanol–water partition coefficient (Wildman–Crippen LogP) is 8.86. The second kappa shape index (κ2) is 9.45. The zero-order valence-electron chi connectivity index (χ0n) is 26.9. The molecule has 4 nitrogen and oxygen atoms in total. The maximum absolute atomic E-state index is 14.4. The average molecular weight is 560 g/mol. The van der Waals surface area contributed by atoms with E-state index in [-0.39, 0.29) is 38.9 Å². The third-order valence-corrected chi connectivity index (χ3v) is 14.5. The molecule has 0 bridgehead atoms. The third-order valence-electron chi connectivity index (χ3n) is 14.5. The van der Waals surface area contributed by atoms with Crippen LogP contribution in [0.15, 0.2) is 35.9 Å². The predicted molar refractivity (Wildman–Crippen MR) is 166 cm³/mol. The largest absolute Gasteiger partial charge is 0.497 e. The van der Waals surface area contributed by atoms with Gasteiger partial charge >= 0.3 is 0 Å². The van der Waals surface area contributed by atoms with Crippen molar-refractivity contribution in [3.05, 3.63) is 35.9 Å². The van der Waals surface area contributed by atoms with Crippen molar-refractivity contribution >= 4 is 17.4 Å². The molecule has 5 aliphatic rings. The van der Waals surface area contributed by atoms with Gasteiger partial charge in [0.25, 0.3) is 0 Å². The monoisotopic (exact) mass is 559 g/mol. The summed E-state index contributed by atoms with van der Waals surface area (Å²) >= 11 is 0. The fraction of sp³-hybridized carbons (Fsp3) is 0.730. The SMILES string of the molecule is COc1ccc(NC(=O)[C@]23CC[C@@H](C)[C@H](C)[C@H]2C2=CC[C@@H]4[C@@]5(C)CCC(=O)C(C)(C)[C@@H]5CC[C@@]4(C)[C@]2(C)CC3)cc1. The number of carbonyl (C=O) groups excluding carboxylic acids is 2. The first kappa shape index (κ1) is 29.0. The molecule has 0 aliphatic heterocycles. The molecule has 1 aromatic rings. The Morgan fingerprint density at radius 3 is 2.29 bits per heavy atom. The van der Waals surface area contributed by atoms with Crippen LogP contribution in [-0.4, -0.2) is 18.8 Å². The lowest BCUT2D eigenvalue weighted by Gasteiger charge is -2.71. The third kappa shape index (κ3) is 3.83. The molecule has 0 radical (unpaired) electrons. The van der Waals surface area contributed by atoms with E-state index < -0.39 is 0 Å². The lowest BCUT2D eigenvalue weighted by Crippen LogP contribution is -2.65. The highest BCUT2D eigenvalue weighted by Crippen LogP contribution is 2.75. The van der Waals surface area contributed by atoms with Crippen molar-refractivity contribution in [1.29, 1.82) is 0 Å². The second-order valence-electron chi connectivity index (χ2n) is 16.1. The number of anilines is 1. The van der Waals surface area contributed by atoms with Crippen molar-refractivity contribution < 1.29 is 14.3 Å². The van der Waals surface area contributed by atoms with E-state index in [2.05, 4.69) is 59.9 Å². The molecule has 0 saturated heterocycles. The van der Waals surface area contributed by atoms with Crippen LogP contribution in [0.25, 0.3) is 0 Å². The minimum absolute atomic E-state index is 0.0787. The normalized spacial score (nSPS) is 44.8. The topological polar surface area (TPSA) is 55.4 Å². The van der Waals surface area contributed by atoms with Gasteiger partial charge in [0, 0.05) is 17.5 Å². The first-order valence-corrected chi connectivity index (χ1v) is 16.4. The highest BCUT2D eigenvalue weighted by atomic mass is 16.5. The molecule has 1 N–H and O–H groups in total.